The van der Waals surface area contributed by atoms with Crippen LogP contribution in [0.5, 0.6) is 0 Å². The van der Waals surface area contributed by atoms with Crippen LogP contribution >= 0.6 is 11.8 Å². The van der Waals surface area contributed by atoms with Gasteiger partial charge < -0.3 is 5.32 Å². The number of carbonyl (C=O) groups excluding carboxylic acids is 1. The number of hydrogen-bond acceptors (Lipinski definition) is 4. The molecule has 158 valence electrons. The molecule has 1 atom stereocenters. The highest BCUT2D eigenvalue weighted by molar-refractivity contribution is 8.00. The van der Waals surface area contributed by atoms with E-state index in [-0.39, 0.29) is 11.5 Å². The summed E-state index contributed by atoms with van der Waals surface area (Å²) < 4.78 is 1.68. The highest BCUT2D eigenvalue weighted by Gasteiger charge is 2.21. The van der Waals surface area contributed by atoms with Crippen LogP contribution in [0.15, 0.2) is 52.4 Å². The standard InChI is InChI=1S/C24H29N3O2S/c1-6-14-27-23(29)19-11-7-8-13-20(19)25-24(27)30-17(5)22(28)26-21-16(4)10-9-12-18(21)15(2)3/h7-13,15,17H,6,14H2,1-5H3,(H,26,28)/t17-/m1/s1. The average molecular weight is 424 g/mol. The smallest absolute Gasteiger partial charge is 0.262 e. The summed E-state index contributed by atoms with van der Waals surface area (Å²) >= 11 is 1.33. The Bertz CT molecular complexity index is 1120. The van der Waals surface area contributed by atoms with Crippen molar-refractivity contribution in [1.29, 1.82) is 0 Å². The van der Waals surface area contributed by atoms with Gasteiger partial charge in [0.2, 0.25) is 5.91 Å². The Balaban J connectivity index is 1.90. The Hall–Kier alpha value is -2.60. The fourth-order valence-electron chi connectivity index (χ4n) is 3.44. The van der Waals surface area contributed by atoms with Gasteiger partial charge in [-0.05, 0) is 49.4 Å². The van der Waals surface area contributed by atoms with Crippen LogP contribution in [-0.2, 0) is 11.3 Å². The molecule has 0 spiro atoms. The van der Waals surface area contributed by atoms with Crippen molar-refractivity contribution >= 4 is 34.3 Å². The number of fused-ring (bicyclic) bond motifs is 1. The van der Waals surface area contributed by atoms with E-state index in [9.17, 15) is 9.59 Å². The van der Waals surface area contributed by atoms with E-state index >= 15 is 0 Å². The lowest BCUT2D eigenvalue weighted by Crippen LogP contribution is -2.27. The summed E-state index contributed by atoms with van der Waals surface area (Å²) in [6.45, 7) is 10.7. The number of benzene rings is 2. The second-order valence-electron chi connectivity index (χ2n) is 7.81. The summed E-state index contributed by atoms with van der Waals surface area (Å²) in [5.74, 6) is 0.210. The van der Waals surface area contributed by atoms with E-state index in [4.69, 9.17) is 4.98 Å². The Kier molecular flexibility index (Phi) is 6.98. The van der Waals surface area contributed by atoms with E-state index in [0.29, 0.717) is 28.5 Å². The van der Waals surface area contributed by atoms with Crippen molar-refractivity contribution in [3.05, 3.63) is 63.9 Å². The highest BCUT2D eigenvalue weighted by atomic mass is 32.2. The number of aryl methyl sites for hydroxylation is 1. The number of nitrogens with one attached hydrogen (secondary N) is 1. The molecule has 0 aliphatic carbocycles. The topological polar surface area (TPSA) is 64.0 Å². The number of hydrogen-bond donors (Lipinski definition) is 1. The van der Waals surface area contributed by atoms with E-state index in [0.717, 1.165) is 23.2 Å². The summed E-state index contributed by atoms with van der Waals surface area (Å²) in [7, 11) is 0. The number of aromatic nitrogens is 2. The molecule has 1 heterocycles. The molecule has 1 amide bonds. The second kappa shape index (κ2) is 9.47. The maximum atomic E-state index is 13.0. The Labute approximate surface area is 181 Å². The van der Waals surface area contributed by atoms with E-state index in [2.05, 4.69) is 25.2 Å². The molecule has 1 aromatic heterocycles. The average Bonchev–Trinajstić information content (AvgIpc) is 2.72. The highest BCUT2D eigenvalue weighted by Crippen LogP contribution is 2.29. The van der Waals surface area contributed by atoms with Gasteiger partial charge in [-0.3, -0.25) is 14.2 Å². The molecule has 0 aliphatic heterocycles. The van der Waals surface area contributed by atoms with E-state index in [1.54, 1.807) is 10.6 Å². The van der Waals surface area contributed by atoms with E-state index < -0.39 is 5.25 Å². The van der Waals surface area contributed by atoms with Gasteiger partial charge in [0.25, 0.3) is 5.56 Å². The summed E-state index contributed by atoms with van der Waals surface area (Å²) in [5.41, 5.74) is 3.64. The molecule has 0 bridgehead atoms. The van der Waals surface area contributed by atoms with Crippen molar-refractivity contribution in [3.8, 4) is 0 Å². The molecule has 2 aromatic carbocycles. The SMILES string of the molecule is CCCn1c(S[C@H](C)C(=O)Nc2c(C)cccc2C(C)C)nc2ccccc2c1=O. The van der Waals surface area contributed by atoms with Crippen LogP contribution in [0.25, 0.3) is 10.9 Å². The summed E-state index contributed by atoms with van der Waals surface area (Å²) in [4.78, 5) is 30.7. The fraction of sp³-hybridized carbons (Fsp3) is 0.375. The summed E-state index contributed by atoms with van der Waals surface area (Å²) in [6.07, 6.45) is 0.815. The molecular formula is C24H29N3O2S. The van der Waals surface area contributed by atoms with Gasteiger partial charge >= 0.3 is 0 Å². The van der Waals surface area contributed by atoms with Crippen LogP contribution in [0, 0.1) is 6.92 Å². The van der Waals surface area contributed by atoms with Crippen LogP contribution < -0.4 is 10.9 Å². The number of thioether (sulfide) groups is 1. The molecule has 0 fully saturated rings. The van der Waals surface area contributed by atoms with Crippen LogP contribution in [-0.4, -0.2) is 20.7 Å². The third kappa shape index (κ3) is 4.59. The first-order chi connectivity index (χ1) is 14.3. The van der Waals surface area contributed by atoms with Crippen molar-refractivity contribution in [1.82, 2.24) is 9.55 Å². The van der Waals surface area contributed by atoms with Crippen molar-refractivity contribution in [2.75, 3.05) is 5.32 Å². The molecule has 0 aliphatic rings. The predicted molar refractivity (Wildman–Crippen MR) is 126 cm³/mol. The number of anilines is 1. The van der Waals surface area contributed by atoms with Gasteiger partial charge in [-0.25, -0.2) is 4.98 Å². The zero-order valence-electron chi connectivity index (χ0n) is 18.2. The number of carbonyl (C=O) groups is 1. The first kappa shape index (κ1) is 22.1. The minimum absolute atomic E-state index is 0.0569. The maximum Gasteiger partial charge on any atom is 0.262 e. The molecule has 6 heteroatoms. The number of amides is 1. The van der Waals surface area contributed by atoms with Crippen LogP contribution in [0.3, 0.4) is 0 Å². The van der Waals surface area contributed by atoms with Crippen LogP contribution in [0.2, 0.25) is 0 Å². The number of para-hydroxylation sites is 2. The molecule has 0 saturated heterocycles. The molecular weight excluding hydrogens is 394 g/mol. The van der Waals surface area contributed by atoms with Gasteiger partial charge in [0.15, 0.2) is 5.16 Å². The van der Waals surface area contributed by atoms with Gasteiger partial charge in [0.05, 0.1) is 16.2 Å². The predicted octanol–water partition coefficient (Wildman–Crippen LogP) is 5.36. The van der Waals surface area contributed by atoms with Gasteiger partial charge in [0, 0.05) is 12.2 Å². The summed E-state index contributed by atoms with van der Waals surface area (Å²) in [5, 5.41) is 3.89. The minimum atomic E-state index is -0.402. The normalized spacial score (nSPS) is 12.3. The first-order valence-electron chi connectivity index (χ1n) is 10.4. The van der Waals surface area contributed by atoms with Crippen LogP contribution in [0.4, 0.5) is 5.69 Å². The van der Waals surface area contributed by atoms with Crippen molar-refractivity contribution in [2.45, 2.75) is 63.9 Å². The monoisotopic (exact) mass is 423 g/mol. The molecule has 30 heavy (non-hydrogen) atoms. The Morgan fingerprint density at radius 2 is 1.87 bits per heavy atom. The number of rotatable bonds is 7. The third-order valence-corrected chi connectivity index (χ3v) is 6.19. The Morgan fingerprint density at radius 1 is 1.13 bits per heavy atom. The second-order valence-corrected chi connectivity index (χ2v) is 9.12. The van der Waals surface area contributed by atoms with Gasteiger partial charge in [-0.1, -0.05) is 62.9 Å². The zero-order valence-corrected chi connectivity index (χ0v) is 19.0. The zero-order chi connectivity index (χ0) is 21.8. The van der Waals surface area contributed by atoms with Gasteiger partial charge in [0.1, 0.15) is 0 Å². The minimum Gasteiger partial charge on any atom is -0.325 e. The molecule has 0 radical (unpaired) electrons. The van der Waals surface area contributed by atoms with E-state index in [1.807, 2.05) is 51.1 Å². The first-order valence-corrected chi connectivity index (χ1v) is 11.3. The quantitative estimate of drug-likeness (QED) is 0.411. The molecule has 3 aromatic rings. The maximum absolute atomic E-state index is 13.0. The molecule has 1 N–H and O–H groups in total. The lowest BCUT2D eigenvalue weighted by atomic mass is 9.98. The van der Waals surface area contributed by atoms with Crippen molar-refractivity contribution < 1.29 is 4.79 Å². The van der Waals surface area contributed by atoms with Crippen molar-refractivity contribution in [3.63, 3.8) is 0 Å². The lowest BCUT2D eigenvalue weighted by molar-refractivity contribution is -0.115. The molecule has 3 rings (SSSR count). The lowest BCUT2D eigenvalue weighted by Gasteiger charge is -2.19. The summed E-state index contributed by atoms with van der Waals surface area (Å²) in [6, 6.07) is 13.4. The fourth-order valence-corrected chi connectivity index (χ4v) is 4.37. The van der Waals surface area contributed by atoms with Gasteiger partial charge in [-0.2, -0.15) is 0 Å². The van der Waals surface area contributed by atoms with Crippen molar-refractivity contribution in [2.24, 2.45) is 0 Å². The largest absolute Gasteiger partial charge is 0.325 e. The third-order valence-electron chi connectivity index (χ3n) is 5.10. The molecule has 0 unspecified atom stereocenters. The molecule has 0 saturated carbocycles. The molecule has 5 nitrogen and oxygen atoms in total. The van der Waals surface area contributed by atoms with E-state index in [1.165, 1.54) is 11.8 Å². The number of nitrogens with zero attached hydrogens (tertiary/aromatic N) is 2. The Morgan fingerprint density at radius 3 is 2.57 bits per heavy atom. The van der Waals surface area contributed by atoms with Crippen LogP contribution in [0.1, 0.15) is 51.2 Å². The van der Waals surface area contributed by atoms with Gasteiger partial charge in [-0.15, -0.1) is 0 Å².